The van der Waals surface area contributed by atoms with Crippen LogP contribution in [-0.4, -0.2) is 58.3 Å². The van der Waals surface area contributed by atoms with Crippen LogP contribution in [0.5, 0.6) is 0 Å². The van der Waals surface area contributed by atoms with Crippen molar-refractivity contribution in [3.63, 3.8) is 0 Å². The maximum Gasteiger partial charge on any atom is 0.273 e. The average Bonchev–Trinajstić information content (AvgIpc) is 3.37. The van der Waals surface area contributed by atoms with Crippen LogP contribution in [-0.2, 0) is 13.0 Å². The Morgan fingerprint density at radius 3 is 2.56 bits per heavy atom. The Labute approximate surface area is 157 Å². The van der Waals surface area contributed by atoms with E-state index in [2.05, 4.69) is 15.3 Å². The molecule has 0 radical (unpaired) electrons. The number of fused-ring (bicyclic) bond motifs is 1. The number of furan rings is 1. The van der Waals surface area contributed by atoms with Crippen LogP contribution in [0.3, 0.4) is 0 Å². The van der Waals surface area contributed by atoms with Gasteiger partial charge < -0.3 is 19.5 Å². The lowest BCUT2D eigenvalue weighted by atomic mass is 10.0. The van der Waals surface area contributed by atoms with E-state index in [-0.39, 0.29) is 11.8 Å². The van der Waals surface area contributed by atoms with Gasteiger partial charge in [-0.1, -0.05) is 0 Å². The smallest absolute Gasteiger partial charge is 0.273 e. The largest absolute Gasteiger partial charge is 0.469 e. The summed E-state index contributed by atoms with van der Waals surface area (Å²) in [6.07, 6.45) is 4.14. The van der Waals surface area contributed by atoms with Crippen LogP contribution in [0.15, 0.2) is 16.7 Å². The number of nitrogens with one attached hydrogen (secondary N) is 1. The van der Waals surface area contributed by atoms with Crippen LogP contribution in [0.2, 0.25) is 0 Å². The predicted octanol–water partition coefficient (Wildman–Crippen LogP) is 1.85. The summed E-state index contributed by atoms with van der Waals surface area (Å²) in [7, 11) is 1.74. The monoisotopic (exact) mass is 369 g/mol. The molecule has 0 unspecified atom stereocenters. The second kappa shape index (κ2) is 7.02. The Kier molecular flexibility index (Phi) is 4.55. The SMILES string of the molecule is CNc1nc2c(c(C(=O)N3CCCC3)n1)CN(C(=O)c1ccoc1C)CC2. The van der Waals surface area contributed by atoms with Gasteiger partial charge in [-0.15, -0.1) is 0 Å². The van der Waals surface area contributed by atoms with Crippen LogP contribution in [0.1, 0.15) is 50.7 Å². The van der Waals surface area contributed by atoms with Gasteiger partial charge in [0.25, 0.3) is 11.8 Å². The second-order valence-electron chi connectivity index (χ2n) is 6.94. The molecule has 0 bridgehead atoms. The first-order valence-corrected chi connectivity index (χ1v) is 9.28. The molecule has 8 heteroatoms. The van der Waals surface area contributed by atoms with Gasteiger partial charge in [0, 0.05) is 38.7 Å². The molecule has 2 aliphatic heterocycles. The molecule has 1 N–H and O–H groups in total. The van der Waals surface area contributed by atoms with Crippen LogP contribution in [0.25, 0.3) is 0 Å². The standard InChI is InChI=1S/C19H23N5O3/c1-12-13(6-10-27-12)17(25)24-9-5-15-14(11-24)16(22-19(20-2)21-15)18(26)23-7-3-4-8-23/h6,10H,3-5,7-9,11H2,1-2H3,(H,20,21,22). The number of rotatable bonds is 3. The van der Waals surface area contributed by atoms with Crippen molar-refractivity contribution in [1.29, 1.82) is 0 Å². The van der Waals surface area contributed by atoms with E-state index in [1.165, 1.54) is 6.26 Å². The summed E-state index contributed by atoms with van der Waals surface area (Å²) in [5.74, 6) is 0.878. The molecule has 0 aromatic carbocycles. The first kappa shape index (κ1) is 17.5. The van der Waals surface area contributed by atoms with Crippen LogP contribution in [0, 0.1) is 6.92 Å². The van der Waals surface area contributed by atoms with E-state index >= 15 is 0 Å². The highest BCUT2D eigenvalue weighted by atomic mass is 16.3. The van der Waals surface area contributed by atoms with Crippen molar-refractivity contribution in [3.8, 4) is 0 Å². The second-order valence-corrected chi connectivity index (χ2v) is 6.94. The number of anilines is 1. The van der Waals surface area contributed by atoms with Gasteiger partial charge in [0.2, 0.25) is 5.95 Å². The maximum absolute atomic E-state index is 13.0. The molecule has 4 rings (SSSR count). The molecular weight excluding hydrogens is 346 g/mol. The van der Waals surface area contributed by atoms with Gasteiger partial charge in [0.1, 0.15) is 11.5 Å². The average molecular weight is 369 g/mol. The zero-order valence-electron chi connectivity index (χ0n) is 15.6. The zero-order valence-corrected chi connectivity index (χ0v) is 15.6. The highest BCUT2D eigenvalue weighted by Crippen LogP contribution is 2.26. The van der Waals surface area contributed by atoms with E-state index in [0.29, 0.717) is 42.5 Å². The van der Waals surface area contributed by atoms with Crippen LogP contribution >= 0.6 is 0 Å². The minimum absolute atomic E-state index is 0.0727. The van der Waals surface area contributed by atoms with Crippen molar-refractivity contribution in [2.24, 2.45) is 0 Å². The van der Waals surface area contributed by atoms with E-state index in [1.807, 2.05) is 4.90 Å². The summed E-state index contributed by atoms with van der Waals surface area (Å²) in [5.41, 5.74) is 2.56. The third-order valence-corrected chi connectivity index (χ3v) is 5.26. The molecule has 2 aliphatic rings. The van der Waals surface area contributed by atoms with E-state index in [0.717, 1.165) is 37.2 Å². The lowest BCUT2D eigenvalue weighted by Gasteiger charge is -2.30. The van der Waals surface area contributed by atoms with Crippen molar-refractivity contribution >= 4 is 17.8 Å². The summed E-state index contributed by atoms with van der Waals surface area (Å²) in [5, 5.41) is 2.94. The fourth-order valence-electron chi connectivity index (χ4n) is 3.72. The molecule has 4 heterocycles. The molecule has 0 spiro atoms. The fraction of sp³-hybridized carbons (Fsp3) is 0.474. The lowest BCUT2D eigenvalue weighted by molar-refractivity contribution is 0.0717. The number of nitrogens with zero attached hydrogens (tertiary/aromatic N) is 4. The van der Waals surface area contributed by atoms with Crippen LogP contribution < -0.4 is 5.32 Å². The summed E-state index contributed by atoms with van der Waals surface area (Å²) in [6, 6.07) is 1.68. The minimum Gasteiger partial charge on any atom is -0.469 e. The topological polar surface area (TPSA) is 91.6 Å². The van der Waals surface area contributed by atoms with Crippen molar-refractivity contribution in [1.82, 2.24) is 19.8 Å². The maximum atomic E-state index is 13.0. The Morgan fingerprint density at radius 2 is 1.89 bits per heavy atom. The number of hydrogen-bond acceptors (Lipinski definition) is 6. The first-order valence-electron chi connectivity index (χ1n) is 9.28. The highest BCUT2D eigenvalue weighted by Gasteiger charge is 2.31. The molecule has 8 nitrogen and oxygen atoms in total. The molecule has 2 aromatic heterocycles. The van der Waals surface area contributed by atoms with Gasteiger partial charge in [-0.3, -0.25) is 9.59 Å². The number of carbonyl (C=O) groups excluding carboxylic acids is 2. The van der Waals surface area contributed by atoms with E-state index in [1.54, 1.807) is 24.9 Å². The summed E-state index contributed by atoms with van der Waals surface area (Å²) in [4.78, 5) is 38.5. The molecule has 27 heavy (non-hydrogen) atoms. The normalized spacial score (nSPS) is 16.4. The molecule has 2 amide bonds. The molecule has 1 fully saturated rings. The highest BCUT2D eigenvalue weighted by molar-refractivity contribution is 5.97. The summed E-state index contributed by atoms with van der Waals surface area (Å²) in [6.45, 7) is 4.16. The zero-order chi connectivity index (χ0) is 19.0. The number of aryl methyl sites for hydroxylation is 1. The van der Waals surface area contributed by atoms with Crippen molar-refractivity contribution in [2.45, 2.75) is 32.7 Å². The van der Waals surface area contributed by atoms with E-state index < -0.39 is 0 Å². The van der Waals surface area contributed by atoms with Crippen molar-refractivity contribution in [2.75, 3.05) is 32.0 Å². The predicted molar refractivity (Wildman–Crippen MR) is 98.6 cm³/mol. The third-order valence-electron chi connectivity index (χ3n) is 5.26. The number of amides is 2. The summed E-state index contributed by atoms with van der Waals surface area (Å²) >= 11 is 0. The third kappa shape index (κ3) is 3.15. The number of hydrogen-bond donors (Lipinski definition) is 1. The van der Waals surface area contributed by atoms with Crippen molar-refractivity contribution in [3.05, 3.63) is 40.6 Å². The van der Waals surface area contributed by atoms with Gasteiger partial charge in [0.05, 0.1) is 24.1 Å². The molecule has 0 atom stereocenters. The Morgan fingerprint density at radius 1 is 1.11 bits per heavy atom. The van der Waals surface area contributed by atoms with Gasteiger partial charge in [0.15, 0.2) is 0 Å². The molecule has 2 aromatic rings. The van der Waals surface area contributed by atoms with Gasteiger partial charge >= 0.3 is 0 Å². The first-order chi connectivity index (χ1) is 13.1. The quantitative estimate of drug-likeness (QED) is 0.888. The number of likely N-dealkylation sites (tertiary alicyclic amines) is 1. The number of carbonyl (C=O) groups is 2. The number of aromatic nitrogens is 2. The summed E-state index contributed by atoms with van der Waals surface area (Å²) < 4.78 is 5.26. The lowest BCUT2D eigenvalue weighted by Crippen LogP contribution is -2.39. The van der Waals surface area contributed by atoms with Gasteiger partial charge in [-0.25, -0.2) is 9.97 Å². The van der Waals surface area contributed by atoms with Gasteiger partial charge in [-0.2, -0.15) is 0 Å². The van der Waals surface area contributed by atoms with Gasteiger partial charge in [-0.05, 0) is 25.8 Å². The molecule has 1 saturated heterocycles. The fourth-order valence-corrected chi connectivity index (χ4v) is 3.72. The molecule has 0 aliphatic carbocycles. The molecular formula is C19H23N5O3. The van der Waals surface area contributed by atoms with Crippen molar-refractivity contribution < 1.29 is 14.0 Å². The Balaban J connectivity index is 1.68. The van der Waals surface area contributed by atoms with E-state index in [9.17, 15) is 9.59 Å². The minimum atomic E-state index is -0.0934. The molecule has 0 saturated carbocycles. The molecule has 142 valence electrons. The van der Waals surface area contributed by atoms with E-state index in [4.69, 9.17) is 4.42 Å². The Bertz CT molecular complexity index is 885. The Hall–Kier alpha value is -2.90. The van der Waals surface area contributed by atoms with Crippen LogP contribution in [0.4, 0.5) is 5.95 Å².